The number of carboxylic acid groups (broad SMARTS) is 1. The number of carboxylic acids is 1. The van der Waals surface area contributed by atoms with E-state index < -0.39 is 16.8 Å². The fourth-order valence-corrected chi connectivity index (χ4v) is 2.93. The van der Waals surface area contributed by atoms with Crippen molar-refractivity contribution in [1.82, 2.24) is 15.1 Å². The van der Waals surface area contributed by atoms with Gasteiger partial charge in [-0.3, -0.25) is 13.9 Å². The van der Waals surface area contributed by atoms with Gasteiger partial charge >= 0.3 is 12.0 Å². The second-order valence-corrected chi connectivity index (χ2v) is 6.98. The molecule has 0 aromatic carbocycles. The minimum absolute atomic E-state index is 0.0141. The highest BCUT2D eigenvalue weighted by Gasteiger charge is 2.21. The zero-order valence-corrected chi connectivity index (χ0v) is 13.5. The van der Waals surface area contributed by atoms with Gasteiger partial charge < -0.3 is 15.3 Å². The van der Waals surface area contributed by atoms with Crippen molar-refractivity contribution in [3.05, 3.63) is 0 Å². The Kier molecular flexibility index (Phi) is 7.66. The van der Waals surface area contributed by atoms with E-state index in [4.69, 9.17) is 5.11 Å². The molecular weight excluding hydrogens is 294 g/mol. The fraction of sp³-hybridized carbons (Fsp3) is 0.846. The zero-order chi connectivity index (χ0) is 15.8. The Balaban J connectivity index is 2.37. The molecule has 1 saturated heterocycles. The lowest BCUT2D eigenvalue weighted by molar-refractivity contribution is -0.138. The number of nitrogens with one attached hydrogen (secondary N) is 1. The number of rotatable bonds is 6. The summed E-state index contributed by atoms with van der Waals surface area (Å²) in [5, 5.41) is 11.7. The Morgan fingerprint density at radius 1 is 1.29 bits per heavy atom. The van der Waals surface area contributed by atoms with Crippen LogP contribution in [-0.2, 0) is 15.6 Å². The topological polar surface area (TPSA) is 90.0 Å². The molecule has 2 N–H and O–H groups in total. The molecule has 0 radical (unpaired) electrons. The highest BCUT2D eigenvalue weighted by atomic mass is 32.2. The van der Waals surface area contributed by atoms with E-state index in [0.717, 1.165) is 6.42 Å². The van der Waals surface area contributed by atoms with Crippen LogP contribution in [0.25, 0.3) is 0 Å². The molecule has 1 aliphatic heterocycles. The minimum atomic E-state index is -0.846. The molecule has 122 valence electrons. The second-order valence-electron chi connectivity index (χ2n) is 5.43. The number of hydrogen-bond donors (Lipinski definition) is 2. The number of nitrogens with zero attached hydrogens (tertiary/aromatic N) is 2. The summed E-state index contributed by atoms with van der Waals surface area (Å²) in [5.41, 5.74) is 0. The minimum Gasteiger partial charge on any atom is -0.480 e. The molecule has 7 nitrogen and oxygen atoms in total. The molecule has 0 saturated carbocycles. The van der Waals surface area contributed by atoms with Crippen LogP contribution < -0.4 is 5.32 Å². The Labute approximate surface area is 128 Å². The first-order valence-electron chi connectivity index (χ1n) is 7.18. The average Bonchev–Trinajstić information content (AvgIpc) is 2.61. The van der Waals surface area contributed by atoms with E-state index >= 15 is 0 Å². The third-order valence-corrected chi connectivity index (χ3v) is 4.25. The standard InChI is InChI=1S/C13H25N3O4S/c1-11(4-9-21(2)20)14-13(19)16-6-3-5-15(7-8-16)10-12(17)18/h11H,3-10H2,1-2H3,(H,14,19)(H,17,18). The predicted octanol–water partition coefficient (Wildman–Crippen LogP) is -0.0546. The van der Waals surface area contributed by atoms with E-state index in [1.807, 2.05) is 11.8 Å². The third kappa shape index (κ3) is 7.42. The third-order valence-electron chi connectivity index (χ3n) is 3.44. The van der Waals surface area contributed by atoms with Crippen molar-refractivity contribution in [3.63, 3.8) is 0 Å². The number of amides is 2. The molecule has 0 bridgehead atoms. The quantitative estimate of drug-likeness (QED) is 0.716. The summed E-state index contributed by atoms with van der Waals surface area (Å²) in [6, 6.07) is -0.138. The van der Waals surface area contributed by atoms with Crippen LogP contribution in [0.2, 0.25) is 0 Å². The molecule has 2 atom stereocenters. The Morgan fingerprint density at radius 2 is 2.00 bits per heavy atom. The first kappa shape index (κ1) is 17.9. The van der Waals surface area contributed by atoms with Gasteiger partial charge in [0.25, 0.3) is 0 Å². The van der Waals surface area contributed by atoms with Crippen LogP contribution in [0, 0.1) is 0 Å². The number of hydrogen-bond acceptors (Lipinski definition) is 4. The smallest absolute Gasteiger partial charge is 0.317 e. The van der Waals surface area contributed by atoms with Gasteiger partial charge in [0.15, 0.2) is 0 Å². The van der Waals surface area contributed by atoms with E-state index in [2.05, 4.69) is 5.32 Å². The lowest BCUT2D eigenvalue weighted by Crippen LogP contribution is -2.45. The Bertz CT molecular complexity index is 392. The maximum atomic E-state index is 12.1. The molecule has 21 heavy (non-hydrogen) atoms. The molecule has 1 heterocycles. The van der Waals surface area contributed by atoms with Crippen LogP contribution in [0.4, 0.5) is 4.79 Å². The molecule has 2 unspecified atom stereocenters. The molecule has 0 aliphatic carbocycles. The van der Waals surface area contributed by atoms with Crippen molar-refractivity contribution in [1.29, 1.82) is 0 Å². The lowest BCUT2D eigenvalue weighted by atomic mass is 10.2. The normalized spacial score (nSPS) is 19.6. The number of carbonyl (C=O) groups is 2. The summed E-state index contributed by atoms with van der Waals surface area (Å²) < 4.78 is 11.0. The summed E-state index contributed by atoms with van der Waals surface area (Å²) in [7, 11) is -0.846. The monoisotopic (exact) mass is 319 g/mol. The highest BCUT2D eigenvalue weighted by molar-refractivity contribution is 7.84. The van der Waals surface area contributed by atoms with Crippen molar-refractivity contribution in [2.24, 2.45) is 0 Å². The van der Waals surface area contributed by atoms with E-state index in [1.54, 1.807) is 11.2 Å². The Morgan fingerprint density at radius 3 is 2.62 bits per heavy atom. The number of aliphatic carboxylic acids is 1. The van der Waals surface area contributed by atoms with Gasteiger partial charge in [0.2, 0.25) is 0 Å². The van der Waals surface area contributed by atoms with E-state index in [0.29, 0.717) is 38.4 Å². The summed E-state index contributed by atoms with van der Waals surface area (Å²) >= 11 is 0. The summed E-state index contributed by atoms with van der Waals surface area (Å²) in [6.07, 6.45) is 3.11. The van der Waals surface area contributed by atoms with E-state index in [9.17, 15) is 13.8 Å². The Hall–Kier alpha value is -1.15. The number of carbonyl (C=O) groups excluding carboxylic acids is 1. The summed E-state index contributed by atoms with van der Waals surface area (Å²) in [6.45, 7) is 4.36. The van der Waals surface area contributed by atoms with Gasteiger partial charge in [-0.15, -0.1) is 0 Å². The van der Waals surface area contributed by atoms with Gasteiger partial charge in [-0.05, 0) is 19.8 Å². The lowest BCUT2D eigenvalue weighted by Gasteiger charge is -2.24. The van der Waals surface area contributed by atoms with Crippen LogP contribution in [0.1, 0.15) is 19.8 Å². The second kappa shape index (κ2) is 8.99. The van der Waals surface area contributed by atoms with Crippen molar-refractivity contribution < 1.29 is 18.9 Å². The maximum Gasteiger partial charge on any atom is 0.317 e. The molecule has 0 aromatic rings. The molecule has 0 spiro atoms. The molecule has 1 aliphatic rings. The first-order chi connectivity index (χ1) is 9.88. The summed E-state index contributed by atoms with van der Waals surface area (Å²) in [5.74, 6) is -0.262. The van der Waals surface area contributed by atoms with Gasteiger partial charge in [-0.1, -0.05) is 0 Å². The SMILES string of the molecule is CC(CCS(C)=O)NC(=O)N1CCCN(CC(=O)O)CC1. The van der Waals surface area contributed by atoms with Crippen molar-refractivity contribution >= 4 is 22.8 Å². The molecule has 1 rings (SSSR count). The van der Waals surface area contributed by atoms with Gasteiger partial charge in [-0.2, -0.15) is 0 Å². The predicted molar refractivity (Wildman–Crippen MR) is 81.8 cm³/mol. The van der Waals surface area contributed by atoms with Crippen molar-refractivity contribution in [2.45, 2.75) is 25.8 Å². The van der Waals surface area contributed by atoms with Crippen molar-refractivity contribution in [2.75, 3.05) is 44.7 Å². The van der Waals surface area contributed by atoms with E-state index in [1.165, 1.54) is 0 Å². The molecule has 2 amide bonds. The molecule has 8 heteroatoms. The molecular formula is C13H25N3O4S. The van der Waals surface area contributed by atoms with Gasteiger partial charge in [0.05, 0.1) is 6.54 Å². The first-order valence-corrected chi connectivity index (χ1v) is 8.91. The summed E-state index contributed by atoms with van der Waals surface area (Å²) in [4.78, 5) is 26.4. The zero-order valence-electron chi connectivity index (χ0n) is 12.7. The van der Waals surface area contributed by atoms with Gasteiger partial charge in [0, 0.05) is 55.0 Å². The van der Waals surface area contributed by atoms with Crippen LogP contribution in [0.15, 0.2) is 0 Å². The molecule has 1 fully saturated rings. The molecule has 0 aromatic heterocycles. The van der Waals surface area contributed by atoms with Gasteiger partial charge in [0.1, 0.15) is 0 Å². The van der Waals surface area contributed by atoms with Crippen LogP contribution >= 0.6 is 0 Å². The van der Waals surface area contributed by atoms with Crippen LogP contribution in [0.3, 0.4) is 0 Å². The van der Waals surface area contributed by atoms with Crippen LogP contribution in [-0.4, -0.2) is 81.9 Å². The highest BCUT2D eigenvalue weighted by Crippen LogP contribution is 2.04. The van der Waals surface area contributed by atoms with Crippen molar-refractivity contribution in [3.8, 4) is 0 Å². The van der Waals surface area contributed by atoms with E-state index in [-0.39, 0.29) is 18.6 Å². The number of urea groups is 1. The maximum absolute atomic E-state index is 12.1. The average molecular weight is 319 g/mol. The fourth-order valence-electron chi connectivity index (χ4n) is 2.24. The van der Waals surface area contributed by atoms with Crippen LogP contribution in [0.5, 0.6) is 0 Å². The largest absolute Gasteiger partial charge is 0.480 e. The van der Waals surface area contributed by atoms with Gasteiger partial charge in [-0.25, -0.2) is 4.79 Å².